The zero-order valence-electron chi connectivity index (χ0n) is 9.71. The van der Waals surface area contributed by atoms with Crippen LogP contribution in [0, 0.1) is 0 Å². The molecule has 1 fully saturated rings. The van der Waals surface area contributed by atoms with Gasteiger partial charge in [-0.3, -0.25) is 9.65 Å². The van der Waals surface area contributed by atoms with E-state index < -0.39 is 0 Å². The summed E-state index contributed by atoms with van der Waals surface area (Å²) in [6, 6.07) is 10.5. The highest BCUT2D eigenvalue weighted by Gasteiger charge is 2.16. The van der Waals surface area contributed by atoms with E-state index >= 15 is 0 Å². The number of aromatic nitrogens is 1. The molecule has 0 spiro atoms. The standard InChI is InChI=1S/C13H16N3P/c17-16-9-7-15(8-10-16)12-5-1-3-11-4-2-6-14-13(11)12/h1-6H,7-10,17H2. The molecule has 1 aliphatic rings. The molecule has 1 aromatic carbocycles. The van der Waals surface area contributed by atoms with Crippen LogP contribution < -0.4 is 4.90 Å². The average Bonchev–Trinajstić information content (AvgIpc) is 2.39. The Balaban J connectivity index is 2.00. The summed E-state index contributed by atoms with van der Waals surface area (Å²) in [6.07, 6.45) is 1.87. The largest absolute Gasteiger partial charge is 0.367 e. The molecular weight excluding hydrogens is 229 g/mol. The highest BCUT2D eigenvalue weighted by molar-refractivity contribution is 7.13. The van der Waals surface area contributed by atoms with Crippen LogP contribution in [0.5, 0.6) is 0 Å². The van der Waals surface area contributed by atoms with Gasteiger partial charge in [0.05, 0.1) is 11.2 Å². The topological polar surface area (TPSA) is 19.4 Å². The molecule has 1 aromatic heterocycles. The number of benzene rings is 1. The minimum Gasteiger partial charge on any atom is -0.367 e. The molecule has 0 aliphatic carbocycles. The number of para-hydroxylation sites is 1. The van der Waals surface area contributed by atoms with Gasteiger partial charge in [-0.05, 0) is 12.1 Å². The van der Waals surface area contributed by atoms with Crippen LogP contribution in [0.25, 0.3) is 10.9 Å². The van der Waals surface area contributed by atoms with Crippen LogP contribution >= 0.6 is 9.39 Å². The number of fused-ring (bicyclic) bond motifs is 1. The van der Waals surface area contributed by atoms with E-state index in [4.69, 9.17) is 0 Å². The number of hydrogen-bond donors (Lipinski definition) is 0. The predicted octanol–water partition coefficient (Wildman–Crippen LogP) is 2.15. The van der Waals surface area contributed by atoms with Crippen LogP contribution in [-0.4, -0.2) is 35.8 Å². The number of rotatable bonds is 1. The van der Waals surface area contributed by atoms with E-state index in [2.05, 4.69) is 48.2 Å². The quantitative estimate of drug-likeness (QED) is 0.718. The van der Waals surface area contributed by atoms with Crippen LogP contribution in [0.2, 0.25) is 0 Å². The molecule has 4 heteroatoms. The van der Waals surface area contributed by atoms with Gasteiger partial charge in [0.1, 0.15) is 0 Å². The first kappa shape index (κ1) is 10.9. The maximum absolute atomic E-state index is 4.51. The summed E-state index contributed by atoms with van der Waals surface area (Å²) in [7, 11) is 2.78. The first-order valence-corrected chi connectivity index (χ1v) is 6.44. The van der Waals surface area contributed by atoms with E-state index in [0.717, 1.165) is 31.7 Å². The molecule has 3 rings (SSSR count). The molecule has 0 radical (unpaired) electrons. The Morgan fingerprint density at radius 2 is 1.76 bits per heavy atom. The lowest BCUT2D eigenvalue weighted by molar-refractivity contribution is 0.429. The number of piperazine rings is 1. The van der Waals surface area contributed by atoms with Crippen molar-refractivity contribution in [3.05, 3.63) is 36.5 Å². The zero-order chi connectivity index (χ0) is 11.7. The van der Waals surface area contributed by atoms with E-state index in [1.54, 1.807) is 0 Å². The Kier molecular flexibility index (Phi) is 2.96. The second kappa shape index (κ2) is 4.59. The molecule has 0 bridgehead atoms. The van der Waals surface area contributed by atoms with Crippen molar-refractivity contribution in [1.82, 2.24) is 9.65 Å². The summed E-state index contributed by atoms with van der Waals surface area (Å²) < 4.78 is 2.29. The van der Waals surface area contributed by atoms with E-state index in [9.17, 15) is 0 Å². The van der Waals surface area contributed by atoms with Gasteiger partial charge in [0.2, 0.25) is 0 Å². The monoisotopic (exact) mass is 245 g/mol. The van der Waals surface area contributed by atoms with Gasteiger partial charge in [-0.15, -0.1) is 0 Å². The first-order chi connectivity index (χ1) is 8.34. The van der Waals surface area contributed by atoms with Crippen LogP contribution in [-0.2, 0) is 0 Å². The molecule has 0 amide bonds. The second-order valence-corrected chi connectivity index (χ2v) is 5.11. The number of hydrogen-bond acceptors (Lipinski definition) is 3. The Morgan fingerprint density at radius 1 is 1.00 bits per heavy atom. The van der Waals surface area contributed by atoms with Crippen molar-refractivity contribution in [3.8, 4) is 0 Å². The van der Waals surface area contributed by atoms with E-state index in [0.29, 0.717) is 0 Å². The normalized spacial score (nSPS) is 17.6. The Bertz CT molecular complexity index is 516. The maximum atomic E-state index is 4.51. The Hall–Kier alpha value is -1.18. The summed E-state index contributed by atoms with van der Waals surface area (Å²) in [5.41, 5.74) is 2.38. The van der Waals surface area contributed by atoms with Gasteiger partial charge < -0.3 is 4.90 Å². The zero-order valence-corrected chi connectivity index (χ0v) is 10.9. The van der Waals surface area contributed by atoms with E-state index in [1.165, 1.54) is 11.1 Å². The summed E-state index contributed by atoms with van der Waals surface area (Å²) >= 11 is 0. The summed E-state index contributed by atoms with van der Waals surface area (Å²) in [6.45, 7) is 4.32. The van der Waals surface area contributed by atoms with Crippen LogP contribution in [0.1, 0.15) is 0 Å². The molecule has 0 N–H and O–H groups in total. The third kappa shape index (κ3) is 2.13. The molecule has 2 heterocycles. The van der Waals surface area contributed by atoms with Crippen molar-refractivity contribution in [1.29, 1.82) is 0 Å². The van der Waals surface area contributed by atoms with Crippen molar-refractivity contribution in [2.24, 2.45) is 0 Å². The van der Waals surface area contributed by atoms with Crippen LogP contribution in [0.15, 0.2) is 36.5 Å². The molecule has 88 valence electrons. The molecule has 0 saturated carbocycles. The second-order valence-electron chi connectivity index (χ2n) is 4.38. The third-order valence-electron chi connectivity index (χ3n) is 3.27. The lowest BCUT2D eigenvalue weighted by atomic mass is 10.1. The molecule has 1 unspecified atom stereocenters. The average molecular weight is 245 g/mol. The molecular formula is C13H16N3P. The molecule has 1 aliphatic heterocycles. The SMILES string of the molecule is PN1CCN(c2cccc3cccnc23)CC1. The summed E-state index contributed by atoms with van der Waals surface area (Å²) in [5.74, 6) is 0. The molecule has 17 heavy (non-hydrogen) atoms. The minimum absolute atomic E-state index is 1.07. The van der Waals surface area contributed by atoms with Gasteiger partial charge >= 0.3 is 0 Å². The number of anilines is 1. The van der Waals surface area contributed by atoms with Gasteiger partial charge in [-0.1, -0.05) is 27.6 Å². The smallest absolute Gasteiger partial charge is 0.0935 e. The number of pyridine rings is 1. The molecule has 1 atom stereocenters. The van der Waals surface area contributed by atoms with Crippen LogP contribution in [0.4, 0.5) is 5.69 Å². The number of nitrogens with zero attached hydrogens (tertiary/aromatic N) is 3. The van der Waals surface area contributed by atoms with Crippen LogP contribution in [0.3, 0.4) is 0 Å². The molecule has 3 nitrogen and oxygen atoms in total. The van der Waals surface area contributed by atoms with Gasteiger partial charge in [0.15, 0.2) is 0 Å². The Labute approximate surface area is 104 Å². The van der Waals surface area contributed by atoms with Crippen molar-refractivity contribution in [3.63, 3.8) is 0 Å². The fraction of sp³-hybridized carbons (Fsp3) is 0.308. The van der Waals surface area contributed by atoms with Crippen molar-refractivity contribution < 1.29 is 0 Å². The van der Waals surface area contributed by atoms with E-state index in [-0.39, 0.29) is 0 Å². The predicted molar refractivity (Wildman–Crippen MR) is 75.2 cm³/mol. The lowest BCUT2D eigenvalue weighted by Gasteiger charge is -2.34. The van der Waals surface area contributed by atoms with Crippen molar-refractivity contribution >= 4 is 26.0 Å². The molecule has 2 aromatic rings. The summed E-state index contributed by atoms with van der Waals surface area (Å²) in [5, 5.41) is 1.22. The fourth-order valence-electron chi connectivity index (χ4n) is 2.31. The Morgan fingerprint density at radius 3 is 2.59 bits per heavy atom. The summed E-state index contributed by atoms with van der Waals surface area (Å²) in [4.78, 5) is 6.94. The lowest BCUT2D eigenvalue weighted by Crippen LogP contribution is -2.42. The van der Waals surface area contributed by atoms with Crippen molar-refractivity contribution in [2.45, 2.75) is 0 Å². The van der Waals surface area contributed by atoms with Gasteiger partial charge in [0.25, 0.3) is 0 Å². The first-order valence-electron chi connectivity index (χ1n) is 5.93. The van der Waals surface area contributed by atoms with E-state index in [1.807, 2.05) is 12.3 Å². The van der Waals surface area contributed by atoms with Crippen molar-refractivity contribution in [2.75, 3.05) is 31.1 Å². The van der Waals surface area contributed by atoms with Gasteiger partial charge in [-0.2, -0.15) is 0 Å². The molecule has 1 saturated heterocycles. The van der Waals surface area contributed by atoms with Gasteiger partial charge in [-0.25, -0.2) is 0 Å². The van der Waals surface area contributed by atoms with Gasteiger partial charge in [0, 0.05) is 37.8 Å². The third-order valence-corrected chi connectivity index (χ3v) is 3.78. The fourth-order valence-corrected chi connectivity index (χ4v) is 2.54. The maximum Gasteiger partial charge on any atom is 0.0935 e. The minimum atomic E-state index is 1.07. The highest BCUT2D eigenvalue weighted by atomic mass is 31.0. The highest BCUT2D eigenvalue weighted by Crippen LogP contribution is 2.25.